The Kier molecular flexibility index (Phi) is 6.03. The van der Waals surface area contributed by atoms with Crippen molar-refractivity contribution in [3.8, 4) is 45.4 Å². The molecule has 0 N–H and O–H groups in total. The molecule has 0 bridgehead atoms. The van der Waals surface area contributed by atoms with Gasteiger partial charge in [-0.25, -0.2) is 24.9 Å². The van der Waals surface area contributed by atoms with Gasteiger partial charge < -0.3 is 0 Å². The van der Waals surface area contributed by atoms with Crippen molar-refractivity contribution in [3.63, 3.8) is 0 Å². The Balaban J connectivity index is 1.19. The molecule has 0 fully saturated rings. The van der Waals surface area contributed by atoms with Crippen LogP contribution in [0.25, 0.3) is 89.0 Å². The Morgan fingerprint density at radius 1 is 0.348 bits per heavy atom. The number of nitrogens with zero attached hydrogens (tertiary/aromatic N) is 6. The summed E-state index contributed by atoms with van der Waals surface area (Å²) >= 11 is 0. The molecule has 0 saturated heterocycles. The zero-order valence-corrected chi connectivity index (χ0v) is 24.5. The van der Waals surface area contributed by atoms with Gasteiger partial charge >= 0.3 is 0 Å². The zero-order valence-electron chi connectivity index (χ0n) is 24.5. The summed E-state index contributed by atoms with van der Waals surface area (Å²) in [5.41, 5.74) is 7.07. The summed E-state index contributed by atoms with van der Waals surface area (Å²) < 4.78 is 0. The Labute approximate surface area is 264 Å². The van der Waals surface area contributed by atoms with Crippen LogP contribution < -0.4 is 0 Å². The quantitative estimate of drug-likeness (QED) is 0.151. The number of pyridine rings is 3. The van der Waals surface area contributed by atoms with E-state index in [9.17, 15) is 0 Å². The lowest BCUT2D eigenvalue weighted by atomic mass is 9.99. The molecule has 0 amide bonds. The largest absolute Gasteiger partial charge is 0.254 e. The van der Waals surface area contributed by atoms with Gasteiger partial charge in [0.2, 0.25) is 0 Å². The molecule has 0 aliphatic carbocycles. The molecule has 214 valence electrons. The normalized spacial score (nSPS) is 11.5. The van der Waals surface area contributed by atoms with E-state index < -0.39 is 0 Å². The average molecular weight is 589 g/mol. The summed E-state index contributed by atoms with van der Waals surface area (Å²) in [6.07, 6.45) is 1.81. The van der Waals surface area contributed by atoms with E-state index in [-0.39, 0.29) is 0 Å². The van der Waals surface area contributed by atoms with Crippen LogP contribution >= 0.6 is 0 Å². The van der Waals surface area contributed by atoms with Gasteiger partial charge in [-0.2, -0.15) is 0 Å². The number of fused-ring (bicyclic) bond motifs is 6. The minimum Gasteiger partial charge on any atom is -0.254 e. The van der Waals surface area contributed by atoms with Crippen molar-refractivity contribution in [2.45, 2.75) is 0 Å². The smallest absolute Gasteiger partial charge is 0.164 e. The predicted octanol–water partition coefficient (Wildman–Crippen LogP) is 9.34. The van der Waals surface area contributed by atoms with Gasteiger partial charge in [0.15, 0.2) is 23.1 Å². The van der Waals surface area contributed by atoms with Crippen molar-refractivity contribution in [1.82, 2.24) is 29.9 Å². The fourth-order valence-corrected chi connectivity index (χ4v) is 6.07. The number of benzene rings is 5. The maximum Gasteiger partial charge on any atom is 0.164 e. The minimum atomic E-state index is 0.614. The fourth-order valence-electron chi connectivity index (χ4n) is 6.07. The van der Waals surface area contributed by atoms with E-state index in [2.05, 4.69) is 77.8 Å². The highest BCUT2D eigenvalue weighted by atomic mass is 15.0. The molecule has 0 radical (unpaired) electrons. The van der Waals surface area contributed by atoms with Gasteiger partial charge in [0.1, 0.15) is 0 Å². The van der Waals surface area contributed by atoms with Crippen molar-refractivity contribution in [2.75, 3.05) is 0 Å². The second-order valence-corrected chi connectivity index (χ2v) is 11.2. The van der Waals surface area contributed by atoms with Crippen molar-refractivity contribution in [3.05, 3.63) is 146 Å². The topological polar surface area (TPSA) is 77.3 Å². The number of aromatic nitrogens is 6. The summed E-state index contributed by atoms with van der Waals surface area (Å²) in [5.74, 6) is 1.88. The maximum atomic E-state index is 5.16. The lowest BCUT2D eigenvalue weighted by Gasteiger charge is -2.12. The molecule has 4 aromatic heterocycles. The Morgan fingerprint density at radius 3 is 1.59 bits per heavy atom. The summed E-state index contributed by atoms with van der Waals surface area (Å²) in [6.45, 7) is 0. The third kappa shape index (κ3) is 4.43. The van der Waals surface area contributed by atoms with Crippen LogP contribution in [-0.2, 0) is 0 Å². The molecule has 0 spiro atoms. The maximum absolute atomic E-state index is 5.16. The van der Waals surface area contributed by atoms with Crippen LogP contribution in [-0.4, -0.2) is 29.9 Å². The van der Waals surface area contributed by atoms with Crippen LogP contribution in [0, 0.1) is 0 Å². The van der Waals surface area contributed by atoms with Crippen molar-refractivity contribution in [1.29, 1.82) is 0 Å². The van der Waals surface area contributed by atoms with E-state index >= 15 is 0 Å². The highest BCUT2D eigenvalue weighted by Crippen LogP contribution is 2.35. The lowest BCUT2D eigenvalue weighted by Crippen LogP contribution is -2.00. The van der Waals surface area contributed by atoms with E-state index in [4.69, 9.17) is 24.9 Å². The molecule has 9 aromatic rings. The molecule has 0 atom stereocenters. The van der Waals surface area contributed by atoms with Gasteiger partial charge in [0.05, 0.1) is 16.7 Å². The monoisotopic (exact) mass is 588 g/mol. The average Bonchev–Trinajstić information content (AvgIpc) is 3.14. The molecule has 0 aliphatic heterocycles. The zero-order chi connectivity index (χ0) is 30.5. The second kappa shape index (κ2) is 10.6. The third-order valence-electron chi connectivity index (χ3n) is 8.34. The Bertz CT molecular complexity index is 2510. The summed E-state index contributed by atoms with van der Waals surface area (Å²) in [6, 6.07) is 47.1. The van der Waals surface area contributed by atoms with Crippen LogP contribution in [0.2, 0.25) is 0 Å². The van der Waals surface area contributed by atoms with E-state index in [1.165, 1.54) is 0 Å². The molecule has 0 aliphatic rings. The first-order valence-corrected chi connectivity index (χ1v) is 15.1. The molecule has 46 heavy (non-hydrogen) atoms. The first kappa shape index (κ1) is 26.0. The summed E-state index contributed by atoms with van der Waals surface area (Å²) in [4.78, 5) is 29.5. The first-order valence-electron chi connectivity index (χ1n) is 15.1. The van der Waals surface area contributed by atoms with Crippen molar-refractivity contribution < 1.29 is 0 Å². The molecule has 6 heteroatoms. The number of hydrogen-bond donors (Lipinski definition) is 0. The molecule has 6 nitrogen and oxygen atoms in total. The van der Waals surface area contributed by atoms with Crippen LogP contribution in [0.4, 0.5) is 0 Å². The second-order valence-electron chi connectivity index (χ2n) is 11.2. The summed E-state index contributed by atoms with van der Waals surface area (Å²) in [5, 5.41) is 5.30. The standard InChI is InChI=1S/C40H24N6/c1-3-10-27(11-4-1)37-44-38(28-12-5-2-6-13-28)46-39(45-37)29-20-17-26(18-21-29)34-32-16-8-7-15-31(32)33-24-30-22-19-25-14-9-23-41-35(25)36(30)43-40(33)42-34/h1-24H. The van der Waals surface area contributed by atoms with Crippen LogP contribution in [0.3, 0.4) is 0 Å². The first-order chi connectivity index (χ1) is 22.8. The number of rotatable bonds is 4. The fraction of sp³-hybridized carbons (Fsp3) is 0. The predicted molar refractivity (Wildman–Crippen MR) is 185 cm³/mol. The Hall–Kier alpha value is -6.40. The molecule has 0 unspecified atom stereocenters. The lowest BCUT2D eigenvalue weighted by molar-refractivity contribution is 1.07. The molecular weight excluding hydrogens is 564 g/mol. The van der Waals surface area contributed by atoms with Gasteiger partial charge in [-0.3, -0.25) is 4.98 Å². The van der Waals surface area contributed by atoms with Gasteiger partial charge in [0, 0.05) is 50.0 Å². The molecule has 0 saturated carbocycles. The van der Waals surface area contributed by atoms with E-state index in [1.54, 1.807) is 0 Å². The molecular formula is C40H24N6. The highest BCUT2D eigenvalue weighted by molar-refractivity contribution is 6.14. The van der Waals surface area contributed by atoms with Crippen LogP contribution in [0.15, 0.2) is 146 Å². The van der Waals surface area contributed by atoms with Gasteiger partial charge in [0.25, 0.3) is 0 Å². The summed E-state index contributed by atoms with van der Waals surface area (Å²) in [7, 11) is 0. The van der Waals surface area contributed by atoms with E-state index in [1.807, 2.05) is 72.9 Å². The third-order valence-corrected chi connectivity index (χ3v) is 8.34. The SMILES string of the molecule is c1ccc(-c2nc(-c3ccccc3)nc(-c3ccc(-c4nc5nc6c(ccc7cccnc76)cc5c5ccccc45)cc3)n2)cc1. The highest BCUT2D eigenvalue weighted by Gasteiger charge is 2.16. The van der Waals surface area contributed by atoms with E-state index in [0.717, 1.165) is 65.9 Å². The molecule has 4 heterocycles. The Morgan fingerprint density at radius 2 is 0.913 bits per heavy atom. The minimum absolute atomic E-state index is 0.614. The van der Waals surface area contributed by atoms with Crippen LogP contribution in [0.1, 0.15) is 0 Å². The van der Waals surface area contributed by atoms with Gasteiger partial charge in [-0.05, 0) is 17.5 Å². The van der Waals surface area contributed by atoms with Crippen LogP contribution in [0.5, 0.6) is 0 Å². The van der Waals surface area contributed by atoms with Crippen molar-refractivity contribution in [2.24, 2.45) is 0 Å². The molecule has 5 aromatic carbocycles. The number of hydrogen-bond acceptors (Lipinski definition) is 6. The van der Waals surface area contributed by atoms with Gasteiger partial charge in [-0.1, -0.05) is 127 Å². The van der Waals surface area contributed by atoms with E-state index in [0.29, 0.717) is 23.1 Å². The van der Waals surface area contributed by atoms with Crippen molar-refractivity contribution >= 4 is 43.6 Å². The molecule has 9 rings (SSSR count). The van der Waals surface area contributed by atoms with Gasteiger partial charge in [-0.15, -0.1) is 0 Å².